The summed E-state index contributed by atoms with van der Waals surface area (Å²) in [4.78, 5) is 13.8. The molecule has 1 rings (SSSR count). The van der Waals surface area contributed by atoms with E-state index >= 15 is 0 Å². The van der Waals surface area contributed by atoms with Crippen LogP contribution in [-0.2, 0) is 14.3 Å². The average Bonchev–Trinajstić information content (AvgIpc) is 2.38. The van der Waals surface area contributed by atoms with Crippen LogP contribution in [0.25, 0.3) is 0 Å². The summed E-state index contributed by atoms with van der Waals surface area (Å²) in [7, 11) is 3.42. The zero-order valence-electron chi connectivity index (χ0n) is 12.6. The molecule has 3 atom stereocenters. The van der Waals surface area contributed by atoms with E-state index < -0.39 is 5.54 Å². The average molecular weight is 272 g/mol. The number of hydrogen-bond acceptors (Lipinski definition) is 5. The Bertz CT molecular complexity index is 288. The minimum atomic E-state index is -0.935. The first-order valence-electron chi connectivity index (χ1n) is 7.06. The topological polar surface area (TPSA) is 64.8 Å². The first-order chi connectivity index (χ1) is 8.86. The summed E-state index contributed by atoms with van der Waals surface area (Å²) in [5.41, 5.74) is 5.08. The van der Waals surface area contributed by atoms with Gasteiger partial charge < -0.3 is 20.1 Å². The zero-order chi connectivity index (χ0) is 14.5. The lowest BCUT2D eigenvalue weighted by Gasteiger charge is -2.34. The SMILES string of the molecule is COC(=O)C(C)(N)CC(C)N(C)CC1CCCCO1. The number of nitrogens with zero attached hydrogens (tertiary/aromatic N) is 1. The lowest BCUT2D eigenvalue weighted by atomic mass is 9.94. The fourth-order valence-corrected chi connectivity index (χ4v) is 2.54. The Morgan fingerprint density at radius 2 is 2.26 bits per heavy atom. The Labute approximate surface area is 116 Å². The normalized spacial score (nSPS) is 24.8. The standard InChI is InChI=1S/C14H28N2O3/c1-11(9-14(2,15)13(17)18-4)16(3)10-12-7-5-6-8-19-12/h11-12H,5-10,15H2,1-4H3. The molecular formula is C14H28N2O3. The minimum absolute atomic E-state index is 0.208. The van der Waals surface area contributed by atoms with Crippen molar-refractivity contribution < 1.29 is 14.3 Å². The third-order valence-corrected chi connectivity index (χ3v) is 3.89. The molecule has 1 saturated heterocycles. The lowest BCUT2D eigenvalue weighted by molar-refractivity contribution is -0.147. The van der Waals surface area contributed by atoms with Crippen molar-refractivity contribution in [3.63, 3.8) is 0 Å². The molecule has 2 N–H and O–H groups in total. The number of ether oxygens (including phenoxy) is 2. The maximum Gasteiger partial charge on any atom is 0.325 e. The van der Waals surface area contributed by atoms with Crippen LogP contribution in [0.15, 0.2) is 0 Å². The smallest absolute Gasteiger partial charge is 0.325 e. The van der Waals surface area contributed by atoms with Crippen LogP contribution in [0.4, 0.5) is 0 Å². The summed E-state index contributed by atoms with van der Waals surface area (Å²) >= 11 is 0. The Balaban J connectivity index is 2.43. The molecule has 0 aromatic heterocycles. The van der Waals surface area contributed by atoms with Crippen LogP contribution in [0.3, 0.4) is 0 Å². The minimum Gasteiger partial charge on any atom is -0.468 e. The van der Waals surface area contributed by atoms with Gasteiger partial charge in [-0.2, -0.15) is 0 Å². The van der Waals surface area contributed by atoms with Crippen molar-refractivity contribution in [2.45, 2.75) is 57.2 Å². The number of esters is 1. The lowest BCUT2D eigenvalue weighted by Crippen LogP contribution is -2.51. The molecule has 0 aliphatic carbocycles. The van der Waals surface area contributed by atoms with Crippen LogP contribution in [0, 0.1) is 0 Å². The summed E-state index contributed by atoms with van der Waals surface area (Å²) < 4.78 is 10.5. The number of nitrogens with two attached hydrogens (primary N) is 1. The number of likely N-dealkylation sites (N-methyl/N-ethyl adjacent to an activating group) is 1. The number of carbonyl (C=O) groups excluding carboxylic acids is 1. The molecule has 0 amide bonds. The second kappa shape index (κ2) is 7.22. The Kier molecular flexibility index (Phi) is 6.23. The van der Waals surface area contributed by atoms with Crippen LogP contribution in [0.1, 0.15) is 39.5 Å². The molecule has 19 heavy (non-hydrogen) atoms. The predicted molar refractivity (Wildman–Crippen MR) is 74.9 cm³/mol. The summed E-state index contributed by atoms with van der Waals surface area (Å²) in [6.45, 7) is 5.55. The van der Waals surface area contributed by atoms with Crippen LogP contribution in [0.5, 0.6) is 0 Å². The molecule has 5 heteroatoms. The van der Waals surface area contributed by atoms with Gasteiger partial charge in [-0.05, 0) is 46.6 Å². The van der Waals surface area contributed by atoms with Crippen molar-refractivity contribution in [1.29, 1.82) is 0 Å². The van der Waals surface area contributed by atoms with Crippen LogP contribution in [0.2, 0.25) is 0 Å². The quantitative estimate of drug-likeness (QED) is 0.735. The summed E-state index contributed by atoms with van der Waals surface area (Å²) in [6.07, 6.45) is 4.41. The molecule has 1 aliphatic rings. The van der Waals surface area contributed by atoms with Crippen molar-refractivity contribution >= 4 is 5.97 Å². The van der Waals surface area contributed by atoms with E-state index in [2.05, 4.69) is 18.9 Å². The largest absolute Gasteiger partial charge is 0.468 e. The van der Waals surface area contributed by atoms with Gasteiger partial charge >= 0.3 is 5.97 Å². The molecule has 5 nitrogen and oxygen atoms in total. The van der Waals surface area contributed by atoms with Crippen LogP contribution >= 0.6 is 0 Å². The Morgan fingerprint density at radius 1 is 1.58 bits per heavy atom. The molecule has 1 heterocycles. The van der Waals surface area contributed by atoms with Gasteiger partial charge in [0.2, 0.25) is 0 Å². The van der Waals surface area contributed by atoms with Crippen molar-refractivity contribution in [2.75, 3.05) is 27.3 Å². The van der Waals surface area contributed by atoms with Gasteiger partial charge in [-0.25, -0.2) is 0 Å². The number of carbonyl (C=O) groups is 1. The number of methoxy groups -OCH3 is 1. The summed E-state index contributed by atoms with van der Waals surface area (Å²) in [6, 6.07) is 0.208. The molecule has 1 aliphatic heterocycles. The monoisotopic (exact) mass is 272 g/mol. The Morgan fingerprint density at radius 3 is 2.79 bits per heavy atom. The zero-order valence-corrected chi connectivity index (χ0v) is 12.6. The van der Waals surface area contributed by atoms with Gasteiger partial charge in [0.1, 0.15) is 5.54 Å². The molecule has 0 bridgehead atoms. The van der Waals surface area contributed by atoms with Crippen LogP contribution in [-0.4, -0.2) is 55.9 Å². The first kappa shape index (κ1) is 16.4. The van der Waals surface area contributed by atoms with Gasteiger partial charge in [-0.3, -0.25) is 4.79 Å². The summed E-state index contributed by atoms with van der Waals surface area (Å²) in [5.74, 6) is -0.360. The van der Waals surface area contributed by atoms with Gasteiger partial charge in [-0.15, -0.1) is 0 Å². The van der Waals surface area contributed by atoms with E-state index in [1.54, 1.807) is 6.92 Å². The van der Waals surface area contributed by atoms with Gasteiger partial charge in [0.05, 0.1) is 13.2 Å². The summed E-state index contributed by atoms with van der Waals surface area (Å²) in [5, 5.41) is 0. The highest BCUT2D eigenvalue weighted by atomic mass is 16.5. The molecule has 0 aromatic carbocycles. The highest BCUT2D eigenvalue weighted by Gasteiger charge is 2.33. The molecular weight excluding hydrogens is 244 g/mol. The van der Waals surface area contributed by atoms with Crippen LogP contribution < -0.4 is 5.73 Å². The van der Waals surface area contributed by atoms with E-state index in [4.69, 9.17) is 15.2 Å². The second-order valence-electron chi connectivity index (χ2n) is 5.89. The van der Waals surface area contributed by atoms with Crippen molar-refractivity contribution in [2.24, 2.45) is 5.73 Å². The van der Waals surface area contributed by atoms with E-state index in [-0.39, 0.29) is 12.0 Å². The van der Waals surface area contributed by atoms with Gasteiger partial charge in [0, 0.05) is 19.2 Å². The highest BCUT2D eigenvalue weighted by Crippen LogP contribution is 2.18. The van der Waals surface area contributed by atoms with E-state index in [0.717, 1.165) is 19.6 Å². The van der Waals surface area contributed by atoms with E-state index in [1.165, 1.54) is 20.0 Å². The van der Waals surface area contributed by atoms with E-state index in [0.29, 0.717) is 12.5 Å². The molecule has 0 radical (unpaired) electrons. The fourth-order valence-electron chi connectivity index (χ4n) is 2.54. The van der Waals surface area contributed by atoms with Gasteiger partial charge in [0.25, 0.3) is 0 Å². The fraction of sp³-hybridized carbons (Fsp3) is 0.929. The molecule has 0 saturated carbocycles. The second-order valence-corrected chi connectivity index (χ2v) is 5.89. The number of rotatable bonds is 6. The number of hydrogen-bond donors (Lipinski definition) is 1. The van der Waals surface area contributed by atoms with Crippen molar-refractivity contribution in [1.82, 2.24) is 4.90 Å². The molecule has 1 fully saturated rings. The van der Waals surface area contributed by atoms with Crippen molar-refractivity contribution in [3.8, 4) is 0 Å². The van der Waals surface area contributed by atoms with E-state index in [9.17, 15) is 4.79 Å². The predicted octanol–water partition coefficient (Wildman–Crippen LogP) is 1.16. The van der Waals surface area contributed by atoms with Gasteiger partial charge in [-0.1, -0.05) is 0 Å². The highest BCUT2D eigenvalue weighted by molar-refractivity contribution is 5.79. The van der Waals surface area contributed by atoms with E-state index in [1.807, 2.05) is 0 Å². The van der Waals surface area contributed by atoms with Gasteiger partial charge in [0.15, 0.2) is 0 Å². The molecule has 3 unspecified atom stereocenters. The molecule has 0 spiro atoms. The maximum atomic E-state index is 11.6. The first-order valence-corrected chi connectivity index (χ1v) is 7.06. The van der Waals surface area contributed by atoms with Crippen molar-refractivity contribution in [3.05, 3.63) is 0 Å². The Hall–Kier alpha value is -0.650. The molecule has 0 aromatic rings. The third kappa shape index (κ3) is 5.09. The maximum absolute atomic E-state index is 11.6. The third-order valence-electron chi connectivity index (χ3n) is 3.89. The molecule has 112 valence electrons.